The van der Waals surface area contributed by atoms with Crippen molar-refractivity contribution in [2.24, 2.45) is 0 Å². The van der Waals surface area contributed by atoms with Crippen LogP contribution in [0.3, 0.4) is 0 Å². The van der Waals surface area contributed by atoms with E-state index in [1.54, 1.807) is 37.5 Å². The van der Waals surface area contributed by atoms with Crippen LogP contribution in [0.25, 0.3) is 11.4 Å². The number of fused-ring (bicyclic) bond motifs is 1. The number of nitrogens with zero attached hydrogens (tertiary/aromatic N) is 3. The number of carbonyl (C=O) groups excluding carboxylic acids is 1. The molecule has 1 aliphatic heterocycles. The van der Waals surface area contributed by atoms with Crippen LogP contribution >= 0.6 is 11.8 Å². The second kappa shape index (κ2) is 10.2. The summed E-state index contributed by atoms with van der Waals surface area (Å²) < 4.78 is 18.6. The minimum atomic E-state index is -0.134. The van der Waals surface area contributed by atoms with Gasteiger partial charge in [-0.15, -0.1) is 16.8 Å². The minimum Gasteiger partial charge on any atom is -0.497 e. The van der Waals surface area contributed by atoms with Crippen LogP contribution in [0.15, 0.2) is 60.3 Å². The van der Waals surface area contributed by atoms with Crippen LogP contribution in [0, 0.1) is 0 Å². The molecule has 0 atom stereocenters. The Bertz CT molecular complexity index is 1100. The molecule has 3 aromatic rings. The third kappa shape index (κ3) is 5.05. The third-order valence-corrected chi connectivity index (χ3v) is 5.71. The Labute approximate surface area is 190 Å². The first-order chi connectivity index (χ1) is 15.7. The second-order valence-corrected chi connectivity index (χ2v) is 7.93. The maximum atomic E-state index is 12.4. The van der Waals surface area contributed by atoms with Gasteiger partial charge in [-0.2, -0.15) is 0 Å². The first-order valence-electron chi connectivity index (χ1n) is 10.2. The van der Waals surface area contributed by atoms with Gasteiger partial charge in [0, 0.05) is 24.2 Å². The van der Waals surface area contributed by atoms with E-state index in [2.05, 4.69) is 22.1 Å². The SMILES string of the molecule is C=CCn1c(SCC(=O)Nc2ccc(OC)cc2)nnc1-c1ccc2c(c1)OCCCO2. The molecule has 2 heterocycles. The molecular formula is C23H24N4O4S. The van der Waals surface area contributed by atoms with Crippen LogP contribution in [0.1, 0.15) is 6.42 Å². The number of nitrogens with one attached hydrogen (secondary N) is 1. The van der Waals surface area contributed by atoms with Gasteiger partial charge in [0.05, 0.1) is 26.1 Å². The molecule has 0 saturated heterocycles. The van der Waals surface area contributed by atoms with Gasteiger partial charge < -0.3 is 19.5 Å². The Morgan fingerprint density at radius 1 is 1.19 bits per heavy atom. The molecule has 32 heavy (non-hydrogen) atoms. The summed E-state index contributed by atoms with van der Waals surface area (Å²) in [6.45, 7) is 5.60. The number of ether oxygens (including phenoxy) is 3. The zero-order valence-corrected chi connectivity index (χ0v) is 18.6. The largest absolute Gasteiger partial charge is 0.497 e. The number of carbonyl (C=O) groups is 1. The highest BCUT2D eigenvalue weighted by atomic mass is 32.2. The number of hydrogen-bond acceptors (Lipinski definition) is 7. The number of thioether (sulfide) groups is 1. The number of aromatic nitrogens is 3. The van der Waals surface area contributed by atoms with Crippen LogP contribution in [0.4, 0.5) is 5.69 Å². The van der Waals surface area contributed by atoms with Gasteiger partial charge in [0.25, 0.3) is 0 Å². The van der Waals surface area contributed by atoms with Crippen LogP contribution in [-0.4, -0.2) is 46.7 Å². The lowest BCUT2D eigenvalue weighted by molar-refractivity contribution is -0.113. The number of hydrogen-bond donors (Lipinski definition) is 1. The van der Waals surface area contributed by atoms with Crippen molar-refractivity contribution in [1.82, 2.24) is 14.8 Å². The van der Waals surface area contributed by atoms with Gasteiger partial charge in [-0.3, -0.25) is 9.36 Å². The zero-order chi connectivity index (χ0) is 22.3. The van der Waals surface area contributed by atoms with Crippen LogP contribution in [0.5, 0.6) is 17.2 Å². The summed E-state index contributed by atoms with van der Waals surface area (Å²) in [6.07, 6.45) is 2.62. The smallest absolute Gasteiger partial charge is 0.234 e. The maximum absolute atomic E-state index is 12.4. The van der Waals surface area contributed by atoms with E-state index in [0.717, 1.165) is 23.5 Å². The first-order valence-corrected chi connectivity index (χ1v) is 11.2. The van der Waals surface area contributed by atoms with Gasteiger partial charge >= 0.3 is 0 Å². The van der Waals surface area contributed by atoms with Gasteiger partial charge in [0.1, 0.15) is 5.75 Å². The van der Waals surface area contributed by atoms with Crippen molar-refractivity contribution in [3.63, 3.8) is 0 Å². The molecule has 0 spiro atoms. The van der Waals surface area contributed by atoms with E-state index in [4.69, 9.17) is 14.2 Å². The average molecular weight is 453 g/mol. The molecule has 2 aromatic carbocycles. The monoisotopic (exact) mass is 452 g/mol. The summed E-state index contributed by atoms with van der Waals surface area (Å²) in [5.74, 6) is 2.90. The van der Waals surface area contributed by atoms with Crippen LogP contribution in [-0.2, 0) is 11.3 Å². The van der Waals surface area contributed by atoms with Crippen molar-refractivity contribution in [1.29, 1.82) is 0 Å². The number of rotatable bonds is 8. The summed E-state index contributed by atoms with van der Waals surface area (Å²) in [7, 11) is 1.60. The second-order valence-electron chi connectivity index (χ2n) is 6.98. The predicted molar refractivity (Wildman–Crippen MR) is 124 cm³/mol. The summed E-state index contributed by atoms with van der Waals surface area (Å²) in [4.78, 5) is 12.4. The molecule has 1 aromatic heterocycles. The van der Waals surface area contributed by atoms with Crippen molar-refractivity contribution in [3.8, 4) is 28.6 Å². The normalized spacial score (nSPS) is 12.7. The van der Waals surface area contributed by atoms with Crippen molar-refractivity contribution in [3.05, 3.63) is 55.1 Å². The first kappa shape index (κ1) is 21.8. The highest BCUT2D eigenvalue weighted by Gasteiger charge is 2.18. The van der Waals surface area contributed by atoms with E-state index >= 15 is 0 Å². The van der Waals surface area contributed by atoms with Crippen LogP contribution in [0.2, 0.25) is 0 Å². The molecule has 0 unspecified atom stereocenters. The van der Waals surface area contributed by atoms with Gasteiger partial charge in [0.2, 0.25) is 5.91 Å². The van der Waals surface area contributed by atoms with Gasteiger partial charge in [0.15, 0.2) is 22.5 Å². The van der Waals surface area contributed by atoms with E-state index in [-0.39, 0.29) is 11.7 Å². The van der Waals surface area contributed by atoms with Gasteiger partial charge in [-0.25, -0.2) is 0 Å². The molecule has 1 N–H and O–H groups in total. The Morgan fingerprint density at radius 2 is 1.97 bits per heavy atom. The summed E-state index contributed by atoms with van der Waals surface area (Å²) in [6, 6.07) is 12.9. The van der Waals surface area contributed by atoms with Crippen molar-refractivity contribution in [2.75, 3.05) is 31.4 Å². The molecule has 166 valence electrons. The lowest BCUT2D eigenvalue weighted by atomic mass is 10.2. The van der Waals surface area contributed by atoms with Gasteiger partial charge in [-0.05, 0) is 42.5 Å². The van der Waals surface area contributed by atoms with Crippen molar-refractivity contribution >= 4 is 23.4 Å². The lowest BCUT2D eigenvalue weighted by Gasteiger charge is -2.11. The maximum Gasteiger partial charge on any atom is 0.234 e. The fourth-order valence-corrected chi connectivity index (χ4v) is 3.95. The molecule has 0 radical (unpaired) electrons. The van der Waals surface area contributed by atoms with E-state index in [1.165, 1.54) is 11.8 Å². The quantitative estimate of drug-likeness (QED) is 0.408. The highest BCUT2D eigenvalue weighted by Crippen LogP contribution is 2.34. The van der Waals surface area contributed by atoms with Crippen molar-refractivity contribution < 1.29 is 19.0 Å². The minimum absolute atomic E-state index is 0.134. The molecular weight excluding hydrogens is 428 g/mol. The molecule has 0 saturated carbocycles. The van der Waals surface area contributed by atoms with Gasteiger partial charge in [-0.1, -0.05) is 17.8 Å². The fraction of sp³-hybridized carbons (Fsp3) is 0.261. The van der Waals surface area contributed by atoms with E-state index in [0.29, 0.717) is 42.2 Å². The van der Waals surface area contributed by atoms with E-state index < -0.39 is 0 Å². The average Bonchev–Trinajstić information content (AvgIpc) is 3.05. The Morgan fingerprint density at radius 3 is 2.72 bits per heavy atom. The number of methoxy groups -OCH3 is 1. The third-order valence-electron chi connectivity index (χ3n) is 4.74. The standard InChI is InChI=1S/C23H24N4O4S/c1-3-11-27-22(16-5-10-19-20(14-16)31-13-4-12-30-19)25-26-23(27)32-15-21(28)24-17-6-8-18(29-2)9-7-17/h3,5-10,14H,1,4,11-13,15H2,2H3,(H,24,28). The number of benzene rings is 2. The summed E-state index contributed by atoms with van der Waals surface area (Å²) >= 11 is 1.32. The van der Waals surface area contributed by atoms with E-state index in [1.807, 2.05) is 22.8 Å². The molecule has 4 rings (SSSR count). The van der Waals surface area contributed by atoms with Crippen molar-refractivity contribution in [2.45, 2.75) is 18.1 Å². The fourth-order valence-electron chi connectivity index (χ4n) is 3.21. The number of allylic oxidation sites excluding steroid dienone is 1. The molecule has 0 fully saturated rings. The summed E-state index contributed by atoms with van der Waals surface area (Å²) in [5, 5.41) is 12.2. The molecule has 0 aliphatic carbocycles. The molecule has 9 heteroatoms. The number of amides is 1. The molecule has 1 aliphatic rings. The van der Waals surface area contributed by atoms with E-state index in [9.17, 15) is 4.79 Å². The number of anilines is 1. The Kier molecular flexibility index (Phi) is 6.96. The zero-order valence-electron chi connectivity index (χ0n) is 17.7. The Balaban J connectivity index is 1.47. The lowest BCUT2D eigenvalue weighted by Crippen LogP contribution is -2.14. The molecule has 8 nitrogen and oxygen atoms in total. The highest BCUT2D eigenvalue weighted by molar-refractivity contribution is 7.99. The molecule has 1 amide bonds. The Hall–Kier alpha value is -3.46. The topological polar surface area (TPSA) is 87.5 Å². The predicted octanol–water partition coefficient (Wildman–Crippen LogP) is 4.03. The summed E-state index contributed by atoms with van der Waals surface area (Å²) in [5.41, 5.74) is 1.56. The molecule has 0 bridgehead atoms. The van der Waals surface area contributed by atoms with Crippen LogP contribution < -0.4 is 19.5 Å².